The number of thioether (sulfide) groups is 1. The van der Waals surface area contributed by atoms with Crippen LogP contribution in [-0.4, -0.2) is 59.6 Å². The largest absolute Gasteiger partial charge is 0.379 e. The Balaban J connectivity index is 1.35. The number of morpholine rings is 1. The lowest BCUT2D eigenvalue weighted by molar-refractivity contribution is 0.0383. The van der Waals surface area contributed by atoms with Crippen LogP contribution in [0.15, 0.2) is 59.8 Å². The number of pyridine rings is 1. The first-order valence-electron chi connectivity index (χ1n) is 9.52. The number of hydrogen-bond donors (Lipinski definition) is 1. The van der Waals surface area contributed by atoms with Crippen molar-refractivity contribution in [2.24, 2.45) is 0 Å². The summed E-state index contributed by atoms with van der Waals surface area (Å²) < 4.78 is 7.37. The summed E-state index contributed by atoms with van der Waals surface area (Å²) in [6, 6.07) is 13.7. The third-order valence-electron chi connectivity index (χ3n) is 4.74. The Kier molecular flexibility index (Phi) is 6.26. The molecule has 6 nitrogen and oxygen atoms in total. The highest BCUT2D eigenvalue weighted by molar-refractivity contribution is 7.98. The minimum atomic E-state index is -0.0219. The molecule has 3 heterocycles. The molecule has 0 unspecified atom stereocenters. The van der Waals surface area contributed by atoms with Gasteiger partial charge >= 0.3 is 0 Å². The van der Waals surface area contributed by atoms with Crippen LogP contribution in [0, 0.1) is 0 Å². The van der Waals surface area contributed by atoms with Crippen LogP contribution in [0.1, 0.15) is 16.1 Å². The van der Waals surface area contributed by atoms with E-state index in [9.17, 15) is 4.79 Å². The molecule has 0 bridgehead atoms. The third-order valence-corrected chi connectivity index (χ3v) is 5.85. The van der Waals surface area contributed by atoms with E-state index < -0.39 is 0 Å². The summed E-state index contributed by atoms with van der Waals surface area (Å²) in [7, 11) is 0. The molecule has 1 fully saturated rings. The number of rotatable bonds is 7. The summed E-state index contributed by atoms with van der Waals surface area (Å²) in [5, 5.41) is 3.05. The number of carbonyl (C=O) groups excluding carboxylic acids is 1. The maximum absolute atomic E-state index is 12.7. The molecular formula is C21H24N4O2S. The van der Waals surface area contributed by atoms with Crippen LogP contribution in [0.3, 0.4) is 0 Å². The molecule has 0 spiro atoms. The monoisotopic (exact) mass is 396 g/mol. The summed E-state index contributed by atoms with van der Waals surface area (Å²) in [5.41, 5.74) is 2.66. The smallest absolute Gasteiger partial charge is 0.252 e. The summed E-state index contributed by atoms with van der Waals surface area (Å²) >= 11 is 1.64. The fraction of sp³-hybridized carbons (Fsp3) is 0.333. The molecule has 28 heavy (non-hydrogen) atoms. The number of aromatic nitrogens is 2. The van der Waals surface area contributed by atoms with Gasteiger partial charge in [-0.2, -0.15) is 0 Å². The average Bonchev–Trinajstić information content (AvgIpc) is 3.16. The number of amides is 1. The van der Waals surface area contributed by atoms with Crippen molar-refractivity contribution in [3.63, 3.8) is 0 Å². The van der Waals surface area contributed by atoms with E-state index >= 15 is 0 Å². The molecule has 1 N–H and O–H groups in total. The van der Waals surface area contributed by atoms with Gasteiger partial charge in [-0.25, -0.2) is 4.98 Å². The second kappa shape index (κ2) is 9.23. The predicted molar refractivity (Wildman–Crippen MR) is 111 cm³/mol. The molecule has 0 atom stereocenters. The third kappa shape index (κ3) is 4.73. The lowest BCUT2D eigenvalue weighted by Gasteiger charge is -2.26. The van der Waals surface area contributed by atoms with Crippen molar-refractivity contribution < 1.29 is 9.53 Å². The van der Waals surface area contributed by atoms with Crippen molar-refractivity contribution in [1.29, 1.82) is 0 Å². The summed E-state index contributed by atoms with van der Waals surface area (Å²) in [6.45, 7) is 4.91. The van der Waals surface area contributed by atoms with Crippen LogP contribution in [0.25, 0.3) is 5.65 Å². The number of nitrogens with one attached hydrogen (secondary N) is 1. The van der Waals surface area contributed by atoms with Crippen LogP contribution < -0.4 is 5.32 Å². The van der Waals surface area contributed by atoms with Gasteiger partial charge in [0.15, 0.2) is 0 Å². The lowest BCUT2D eigenvalue weighted by atomic mass is 10.2. The molecule has 1 aliphatic heterocycles. The summed E-state index contributed by atoms with van der Waals surface area (Å²) in [4.78, 5) is 20.6. The molecule has 3 aromatic rings. The van der Waals surface area contributed by atoms with Gasteiger partial charge in [-0.15, -0.1) is 11.8 Å². The molecular weight excluding hydrogens is 372 g/mol. The van der Waals surface area contributed by atoms with Crippen molar-refractivity contribution in [1.82, 2.24) is 19.6 Å². The Morgan fingerprint density at radius 3 is 2.82 bits per heavy atom. The molecule has 1 aliphatic rings. The van der Waals surface area contributed by atoms with E-state index in [4.69, 9.17) is 4.74 Å². The Morgan fingerprint density at radius 2 is 1.96 bits per heavy atom. The molecule has 4 rings (SSSR count). The fourth-order valence-electron chi connectivity index (χ4n) is 3.24. The maximum atomic E-state index is 12.7. The van der Waals surface area contributed by atoms with Crippen molar-refractivity contribution in [3.8, 4) is 0 Å². The maximum Gasteiger partial charge on any atom is 0.252 e. The first kappa shape index (κ1) is 19.0. The van der Waals surface area contributed by atoms with Crippen LogP contribution in [-0.2, 0) is 10.5 Å². The molecule has 0 radical (unpaired) electrons. The standard InChI is InChI=1S/C21H24N4O2S/c26-21(22-8-10-24-11-13-27-14-12-24)18-5-1-2-6-19(18)28-16-17-15-25-9-4-3-7-20(25)23-17/h1-7,9,15H,8,10-14,16H2,(H,22,26). The average molecular weight is 397 g/mol. The Labute approximate surface area is 168 Å². The molecule has 2 aromatic heterocycles. The topological polar surface area (TPSA) is 58.9 Å². The van der Waals surface area contributed by atoms with Crippen molar-refractivity contribution in [3.05, 3.63) is 66.1 Å². The van der Waals surface area contributed by atoms with Gasteiger partial charge in [-0.05, 0) is 24.3 Å². The van der Waals surface area contributed by atoms with E-state index in [1.54, 1.807) is 11.8 Å². The molecule has 1 amide bonds. The Morgan fingerprint density at radius 1 is 1.14 bits per heavy atom. The number of carbonyl (C=O) groups is 1. The summed E-state index contributed by atoms with van der Waals surface area (Å²) in [5.74, 6) is 0.700. The number of ether oxygens (including phenoxy) is 1. The van der Waals surface area contributed by atoms with Crippen molar-refractivity contribution >= 4 is 23.3 Å². The zero-order chi connectivity index (χ0) is 19.2. The van der Waals surface area contributed by atoms with E-state index in [0.29, 0.717) is 6.54 Å². The highest BCUT2D eigenvalue weighted by Gasteiger charge is 2.14. The molecule has 0 saturated carbocycles. The Hall–Kier alpha value is -2.35. The first-order chi connectivity index (χ1) is 13.8. The zero-order valence-corrected chi connectivity index (χ0v) is 16.5. The van der Waals surface area contributed by atoms with E-state index in [2.05, 4.69) is 15.2 Å². The second-order valence-electron chi connectivity index (χ2n) is 6.69. The normalized spacial score (nSPS) is 15.0. The van der Waals surface area contributed by atoms with E-state index in [1.807, 2.05) is 59.3 Å². The Bertz CT molecular complexity index is 904. The van der Waals surface area contributed by atoms with Gasteiger partial charge in [-0.3, -0.25) is 9.69 Å². The minimum absolute atomic E-state index is 0.0219. The number of nitrogens with zero attached hydrogens (tertiary/aromatic N) is 3. The van der Waals surface area contributed by atoms with Gasteiger partial charge in [-0.1, -0.05) is 18.2 Å². The van der Waals surface area contributed by atoms with Crippen LogP contribution >= 0.6 is 11.8 Å². The van der Waals surface area contributed by atoms with Crippen LogP contribution in [0.2, 0.25) is 0 Å². The van der Waals surface area contributed by atoms with Gasteiger partial charge in [0.1, 0.15) is 5.65 Å². The van der Waals surface area contributed by atoms with Crippen molar-refractivity contribution in [2.45, 2.75) is 10.6 Å². The zero-order valence-electron chi connectivity index (χ0n) is 15.7. The van der Waals surface area contributed by atoms with Gasteiger partial charge in [0.2, 0.25) is 0 Å². The fourth-order valence-corrected chi connectivity index (χ4v) is 4.17. The molecule has 1 aromatic carbocycles. The molecule has 0 aliphatic carbocycles. The van der Waals surface area contributed by atoms with Gasteiger partial charge in [0, 0.05) is 49.2 Å². The highest BCUT2D eigenvalue weighted by Crippen LogP contribution is 2.26. The number of hydrogen-bond acceptors (Lipinski definition) is 5. The number of benzene rings is 1. The molecule has 7 heteroatoms. The van der Waals surface area contributed by atoms with Gasteiger partial charge in [0.05, 0.1) is 24.5 Å². The van der Waals surface area contributed by atoms with Crippen molar-refractivity contribution in [2.75, 3.05) is 39.4 Å². The van der Waals surface area contributed by atoms with E-state index in [-0.39, 0.29) is 5.91 Å². The first-order valence-corrected chi connectivity index (χ1v) is 10.5. The SMILES string of the molecule is O=C(NCCN1CCOCC1)c1ccccc1SCc1cn2ccccc2n1. The molecule has 1 saturated heterocycles. The second-order valence-corrected chi connectivity index (χ2v) is 7.71. The number of imidazole rings is 1. The van der Waals surface area contributed by atoms with Crippen LogP contribution in [0.4, 0.5) is 0 Å². The summed E-state index contributed by atoms with van der Waals surface area (Å²) in [6.07, 6.45) is 4.03. The number of fused-ring (bicyclic) bond motifs is 1. The van der Waals surface area contributed by atoms with Gasteiger partial charge < -0.3 is 14.5 Å². The highest BCUT2D eigenvalue weighted by atomic mass is 32.2. The predicted octanol–water partition coefficient (Wildman–Crippen LogP) is 2.69. The quantitative estimate of drug-likeness (QED) is 0.623. The van der Waals surface area contributed by atoms with Gasteiger partial charge in [0.25, 0.3) is 5.91 Å². The lowest BCUT2D eigenvalue weighted by Crippen LogP contribution is -2.41. The minimum Gasteiger partial charge on any atom is -0.379 e. The van der Waals surface area contributed by atoms with E-state index in [1.165, 1.54) is 0 Å². The van der Waals surface area contributed by atoms with Crippen LogP contribution in [0.5, 0.6) is 0 Å². The molecule has 146 valence electrons. The van der Waals surface area contributed by atoms with E-state index in [0.717, 1.165) is 60.4 Å².